The molecule has 1 unspecified atom stereocenters. The van der Waals surface area contributed by atoms with E-state index in [4.69, 9.17) is 22.4 Å². The predicted octanol–water partition coefficient (Wildman–Crippen LogP) is 1.11. The van der Waals surface area contributed by atoms with Crippen LogP contribution >= 0.6 is 11.6 Å². The van der Waals surface area contributed by atoms with E-state index in [0.717, 1.165) is 0 Å². The molecule has 1 aromatic rings. The number of nitrogens with one attached hydrogen (secondary N) is 1. The number of carboxylic acid groups (broad SMARTS) is 1. The third-order valence-electron chi connectivity index (χ3n) is 1.99. The van der Waals surface area contributed by atoms with E-state index in [1.807, 2.05) is 0 Å². The van der Waals surface area contributed by atoms with Gasteiger partial charge in [-0.15, -0.1) is 0 Å². The Hall–Kier alpha value is -1.82. The summed E-state index contributed by atoms with van der Waals surface area (Å²) in [5, 5.41) is 11.8. The van der Waals surface area contributed by atoms with Gasteiger partial charge in [0.1, 0.15) is 5.82 Å². The third kappa shape index (κ3) is 3.92. The number of anilines is 1. The standard InChI is InChI=1S/C10H12ClN3O3/c1-5(2-8(12)15)14-9-3-6(10(16)17)7(11)4-13-9/h3-5H,2H2,1H3,(H2,12,15)(H,13,14)(H,16,17). The van der Waals surface area contributed by atoms with E-state index in [1.54, 1.807) is 6.92 Å². The predicted molar refractivity (Wildman–Crippen MR) is 63.1 cm³/mol. The topological polar surface area (TPSA) is 105 Å². The summed E-state index contributed by atoms with van der Waals surface area (Å²) < 4.78 is 0. The summed E-state index contributed by atoms with van der Waals surface area (Å²) in [7, 11) is 0. The first kappa shape index (κ1) is 13.2. The molecule has 4 N–H and O–H groups in total. The van der Waals surface area contributed by atoms with E-state index in [0.29, 0.717) is 5.82 Å². The van der Waals surface area contributed by atoms with E-state index in [-0.39, 0.29) is 23.0 Å². The van der Waals surface area contributed by atoms with Crippen LogP contribution in [0.5, 0.6) is 0 Å². The molecule has 0 bridgehead atoms. The maximum Gasteiger partial charge on any atom is 0.337 e. The van der Waals surface area contributed by atoms with Gasteiger partial charge in [0.15, 0.2) is 0 Å². The molecule has 7 heteroatoms. The number of amides is 1. The Bertz CT molecular complexity index is 450. The zero-order chi connectivity index (χ0) is 13.0. The van der Waals surface area contributed by atoms with E-state index in [1.165, 1.54) is 12.3 Å². The van der Waals surface area contributed by atoms with Crippen LogP contribution in [0.2, 0.25) is 5.02 Å². The van der Waals surface area contributed by atoms with Crippen LogP contribution in [-0.2, 0) is 4.79 Å². The minimum Gasteiger partial charge on any atom is -0.478 e. The lowest BCUT2D eigenvalue weighted by molar-refractivity contribution is -0.118. The number of carboxylic acids is 1. The Labute approximate surface area is 103 Å². The molecule has 1 atom stereocenters. The molecule has 0 aromatic carbocycles. The van der Waals surface area contributed by atoms with Gasteiger partial charge in [0.2, 0.25) is 5.91 Å². The van der Waals surface area contributed by atoms with Crippen molar-refractivity contribution in [2.45, 2.75) is 19.4 Å². The average molecular weight is 258 g/mol. The fourth-order valence-electron chi connectivity index (χ4n) is 1.29. The Kier molecular flexibility index (Phi) is 4.28. The Morgan fingerprint density at radius 1 is 1.65 bits per heavy atom. The monoisotopic (exact) mass is 257 g/mol. The number of nitrogens with two attached hydrogens (primary N) is 1. The third-order valence-corrected chi connectivity index (χ3v) is 2.29. The molecule has 0 radical (unpaired) electrons. The van der Waals surface area contributed by atoms with Crippen molar-refractivity contribution in [2.75, 3.05) is 5.32 Å². The SMILES string of the molecule is CC(CC(N)=O)Nc1cc(C(=O)O)c(Cl)cn1. The van der Waals surface area contributed by atoms with Gasteiger partial charge < -0.3 is 16.2 Å². The number of pyridine rings is 1. The first-order valence-corrected chi connectivity index (χ1v) is 5.21. The molecule has 0 aliphatic heterocycles. The number of hydrogen-bond acceptors (Lipinski definition) is 4. The summed E-state index contributed by atoms with van der Waals surface area (Å²) in [5.74, 6) is -1.25. The highest BCUT2D eigenvalue weighted by Gasteiger charge is 2.12. The largest absolute Gasteiger partial charge is 0.478 e. The lowest BCUT2D eigenvalue weighted by Crippen LogP contribution is -2.24. The molecule has 6 nitrogen and oxygen atoms in total. The van der Waals surface area contributed by atoms with Crippen molar-refractivity contribution >= 4 is 29.3 Å². The van der Waals surface area contributed by atoms with Crippen LogP contribution in [0.3, 0.4) is 0 Å². The van der Waals surface area contributed by atoms with Crippen LogP contribution in [0.1, 0.15) is 23.7 Å². The molecule has 0 saturated carbocycles. The summed E-state index contributed by atoms with van der Waals surface area (Å²) in [6, 6.07) is 1.07. The molecule has 1 heterocycles. The van der Waals surface area contributed by atoms with Crippen LogP contribution in [0, 0.1) is 0 Å². The molecule has 17 heavy (non-hydrogen) atoms. The number of primary amides is 1. The lowest BCUT2D eigenvalue weighted by Gasteiger charge is -2.13. The van der Waals surface area contributed by atoms with Crippen molar-refractivity contribution in [2.24, 2.45) is 5.73 Å². The van der Waals surface area contributed by atoms with Gasteiger partial charge in [-0.05, 0) is 13.0 Å². The van der Waals surface area contributed by atoms with E-state index in [2.05, 4.69) is 10.3 Å². The highest BCUT2D eigenvalue weighted by atomic mass is 35.5. The van der Waals surface area contributed by atoms with Crippen LogP contribution in [0.4, 0.5) is 5.82 Å². The van der Waals surface area contributed by atoms with Crippen LogP contribution < -0.4 is 11.1 Å². The second-order valence-corrected chi connectivity index (χ2v) is 3.98. The summed E-state index contributed by atoms with van der Waals surface area (Å²) in [6.45, 7) is 1.74. The second-order valence-electron chi connectivity index (χ2n) is 3.57. The minimum atomic E-state index is -1.14. The summed E-state index contributed by atoms with van der Waals surface area (Å²) in [5.41, 5.74) is 4.99. The molecule has 92 valence electrons. The van der Waals surface area contributed by atoms with Gasteiger partial charge in [0.25, 0.3) is 0 Å². The van der Waals surface area contributed by atoms with Crippen LogP contribution in [-0.4, -0.2) is 28.0 Å². The maximum absolute atomic E-state index is 10.8. The number of hydrogen-bond donors (Lipinski definition) is 3. The molecule has 0 aliphatic carbocycles. The van der Waals surface area contributed by atoms with Crippen molar-refractivity contribution in [3.05, 3.63) is 22.8 Å². The Morgan fingerprint density at radius 2 is 2.29 bits per heavy atom. The minimum absolute atomic E-state index is 0.0459. The van der Waals surface area contributed by atoms with Gasteiger partial charge >= 0.3 is 5.97 Å². The number of aromatic nitrogens is 1. The normalized spacial score (nSPS) is 11.9. The zero-order valence-corrected chi connectivity index (χ0v) is 9.86. The van der Waals surface area contributed by atoms with Gasteiger partial charge in [0, 0.05) is 18.7 Å². The number of carbonyl (C=O) groups is 2. The van der Waals surface area contributed by atoms with Gasteiger partial charge in [-0.3, -0.25) is 4.79 Å². The molecule has 1 aromatic heterocycles. The van der Waals surface area contributed by atoms with Crippen molar-refractivity contribution in [1.82, 2.24) is 4.98 Å². The number of rotatable bonds is 5. The Balaban J connectivity index is 2.82. The molecule has 1 amide bonds. The molecule has 0 saturated heterocycles. The van der Waals surface area contributed by atoms with E-state index < -0.39 is 11.9 Å². The van der Waals surface area contributed by atoms with Crippen molar-refractivity contribution in [3.63, 3.8) is 0 Å². The summed E-state index contributed by atoms with van der Waals surface area (Å²) >= 11 is 5.67. The van der Waals surface area contributed by atoms with Gasteiger partial charge in [-0.2, -0.15) is 0 Å². The van der Waals surface area contributed by atoms with Gasteiger partial charge in [0.05, 0.1) is 10.6 Å². The molecule has 0 spiro atoms. The first-order valence-electron chi connectivity index (χ1n) is 4.84. The molecular formula is C10H12ClN3O3. The van der Waals surface area contributed by atoms with Gasteiger partial charge in [-0.1, -0.05) is 11.6 Å². The fourth-order valence-corrected chi connectivity index (χ4v) is 1.47. The highest BCUT2D eigenvalue weighted by molar-refractivity contribution is 6.33. The summed E-state index contributed by atoms with van der Waals surface area (Å²) in [6.07, 6.45) is 1.37. The highest BCUT2D eigenvalue weighted by Crippen LogP contribution is 2.18. The quantitative estimate of drug-likeness (QED) is 0.733. The molecule has 1 rings (SSSR count). The Morgan fingerprint density at radius 3 is 2.82 bits per heavy atom. The number of carbonyl (C=O) groups excluding carboxylic acids is 1. The first-order chi connectivity index (χ1) is 7.90. The van der Waals surface area contributed by atoms with E-state index >= 15 is 0 Å². The number of halogens is 1. The van der Waals surface area contributed by atoms with Crippen LogP contribution in [0.25, 0.3) is 0 Å². The van der Waals surface area contributed by atoms with Gasteiger partial charge in [-0.25, -0.2) is 9.78 Å². The molecule has 0 aliphatic rings. The number of aromatic carboxylic acids is 1. The molecule has 0 fully saturated rings. The molecular weight excluding hydrogens is 246 g/mol. The smallest absolute Gasteiger partial charge is 0.337 e. The van der Waals surface area contributed by atoms with Crippen molar-refractivity contribution in [3.8, 4) is 0 Å². The number of nitrogens with zero attached hydrogens (tertiary/aromatic N) is 1. The van der Waals surface area contributed by atoms with Crippen LogP contribution in [0.15, 0.2) is 12.3 Å². The fraction of sp³-hybridized carbons (Fsp3) is 0.300. The second kappa shape index (κ2) is 5.49. The lowest BCUT2D eigenvalue weighted by atomic mass is 10.2. The zero-order valence-electron chi connectivity index (χ0n) is 9.11. The average Bonchev–Trinajstić information content (AvgIpc) is 2.19. The summed E-state index contributed by atoms with van der Waals surface area (Å²) in [4.78, 5) is 25.4. The van der Waals surface area contributed by atoms with Crippen molar-refractivity contribution < 1.29 is 14.7 Å². The maximum atomic E-state index is 10.8. The van der Waals surface area contributed by atoms with E-state index in [9.17, 15) is 9.59 Å². The van der Waals surface area contributed by atoms with Crippen molar-refractivity contribution in [1.29, 1.82) is 0 Å².